The molecule has 7 nitrogen and oxygen atoms in total. The third-order valence-corrected chi connectivity index (χ3v) is 8.15. The highest BCUT2D eigenvalue weighted by atomic mass is 16.5. The number of aliphatic imine (C=N–C) groups is 1. The van der Waals surface area contributed by atoms with Crippen molar-refractivity contribution in [2.24, 2.45) is 4.99 Å². The maximum atomic E-state index is 12.0. The Morgan fingerprint density at radius 1 is 0.929 bits per heavy atom. The zero-order valence-electron chi connectivity index (χ0n) is 25.1. The van der Waals surface area contributed by atoms with Crippen molar-refractivity contribution in [1.82, 2.24) is 0 Å². The number of benzene rings is 3. The largest absolute Gasteiger partial charge is 0.459 e. The molecular formula is C35H38N2O5. The average molecular weight is 567 g/mol. The van der Waals surface area contributed by atoms with Gasteiger partial charge in [0.2, 0.25) is 5.72 Å². The molecule has 0 fully saturated rings. The van der Waals surface area contributed by atoms with Gasteiger partial charge in [0.25, 0.3) is 0 Å². The second-order valence-electron chi connectivity index (χ2n) is 11.7. The van der Waals surface area contributed by atoms with E-state index in [1.54, 1.807) is 13.8 Å². The maximum Gasteiger partial charge on any atom is 0.333 e. The Kier molecular flexibility index (Phi) is 7.71. The fourth-order valence-electron chi connectivity index (χ4n) is 5.67. The zero-order chi connectivity index (χ0) is 30.2. The number of carbonyl (C=O) groups excluding carboxylic acids is 2. The summed E-state index contributed by atoms with van der Waals surface area (Å²) in [4.78, 5) is 31.2. The summed E-state index contributed by atoms with van der Waals surface area (Å²) in [5.74, 6) is -0.0940. The molecule has 1 unspecified atom stereocenters. The van der Waals surface area contributed by atoms with Crippen LogP contribution in [0.3, 0.4) is 0 Å². The van der Waals surface area contributed by atoms with Crippen LogP contribution in [-0.2, 0) is 37.7 Å². The first-order chi connectivity index (χ1) is 20.0. The number of nitrogens with zero attached hydrogens (tertiary/aromatic N) is 2. The lowest BCUT2D eigenvalue weighted by atomic mass is 9.77. The van der Waals surface area contributed by atoms with E-state index in [1.807, 2.05) is 42.6 Å². The van der Waals surface area contributed by atoms with Gasteiger partial charge < -0.3 is 19.1 Å². The Balaban J connectivity index is 1.49. The Labute approximate surface area is 247 Å². The summed E-state index contributed by atoms with van der Waals surface area (Å²) in [5, 5.41) is 1.95. The predicted octanol–water partition coefficient (Wildman–Crippen LogP) is 7.47. The standard InChI is InChI=1S/C35H38N2O5/c1-8-9-16-37-29-14-11-25(20-41-33(39)23(4)5)18-28(29)34(6,7)35(37)21-36-31-27-13-10-24(19-40-32(38)22(2)3)17-26(27)12-15-30(31)42-35/h10-15,17-18,21H,2,4,8-9,16,19-20H2,1,3,5-7H3. The molecule has 0 radical (unpaired) electrons. The first kappa shape index (κ1) is 29.1. The summed E-state index contributed by atoms with van der Waals surface area (Å²) in [6.07, 6.45) is 3.99. The van der Waals surface area contributed by atoms with Gasteiger partial charge in [-0.05, 0) is 80.5 Å². The number of fused-ring (bicyclic) bond motifs is 4. The predicted molar refractivity (Wildman–Crippen MR) is 166 cm³/mol. The molecule has 2 heterocycles. The van der Waals surface area contributed by atoms with Crippen LogP contribution in [0.25, 0.3) is 10.8 Å². The molecule has 42 heavy (non-hydrogen) atoms. The number of hydrogen-bond donors (Lipinski definition) is 0. The smallest absolute Gasteiger partial charge is 0.333 e. The molecule has 1 spiro atoms. The molecule has 0 aliphatic carbocycles. The van der Waals surface area contributed by atoms with Crippen molar-refractivity contribution < 1.29 is 23.8 Å². The number of ether oxygens (including phenoxy) is 3. The minimum absolute atomic E-state index is 0.175. The first-order valence-corrected chi connectivity index (χ1v) is 14.3. The summed E-state index contributed by atoms with van der Waals surface area (Å²) < 4.78 is 17.8. The average Bonchev–Trinajstić information content (AvgIpc) is 3.14. The van der Waals surface area contributed by atoms with Crippen molar-refractivity contribution in [1.29, 1.82) is 0 Å². The lowest BCUT2D eigenvalue weighted by Gasteiger charge is -2.46. The van der Waals surface area contributed by atoms with Gasteiger partial charge >= 0.3 is 11.9 Å². The molecule has 0 N–H and O–H groups in total. The van der Waals surface area contributed by atoms with Gasteiger partial charge in [-0.1, -0.05) is 50.8 Å². The Morgan fingerprint density at radius 3 is 2.21 bits per heavy atom. The van der Waals surface area contributed by atoms with Crippen molar-refractivity contribution in [3.63, 3.8) is 0 Å². The lowest BCUT2D eigenvalue weighted by Crippen LogP contribution is -2.62. The summed E-state index contributed by atoms with van der Waals surface area (Å²) in [6, 6.07) is 16.2. The number of unbranched alkanes of at least 4 members (excludes halogenated alkanes) is 1. The molecule has 0 aromatic heterocycles. The highest BCUT2D eigenvalue weighted by Crippen LogP contribution is 2.55. The van der Waals surface area contributed by atoms with Gasteiger partial charge in [0, 0.05) is 28.8 Å². The molecule has 2 aliphatic rings. The topological polar surface area (TPSA) is 77.4 Å². The van der Waals surface area contributed by atoms with Crippen LogP contribution in [0.2, 0.25) is 0 Å². The molecule has 3 aromatic rings. The minimum Gasteiger partial charge on any atom is -0.459 e. The van der Waals surface area contributed by atoms with Crippen molar-refractivity contribution in [2.45, 2.75) is 71.8 Å². The Morgan fingerprint density at radius 2 is 1.57 bits per heavy atom. The van der Waals surface area contributed by atoms with Gasteiger partial charge in [-0.2, -0.15) is 0 Å². The zero-order valence-corrected chi connectivity index (χ0v) is 25.1. The molecule has 7 heteroatoms. The van der Waals surface area contributed by atoms with Crippen LogP contribution < -0.4 is 9.64 Å². The van der Waals surface area contributed by atoms with Gasteiger partial charge in [-0.3, -0.25) is 4.99 Å². The number of carbonyl (C=O) groups is 2. The molecule has 2 aliphatic heterocycles. The highest BCUT2D eigenvalue weighted by Gasteiger charge is 2.59. The maximum absolute atomic E-state index is 12.0. The molecule has 1 atom stereocenters. The van der Waals surface area contributed by atoms with Crippen molar-refractivity contribution in [2.75, 3.05) is 11.4 Å². The molecule has 3 aromatic carbocycles. The van der Waals surface area contributed by atoms with E-state index in [2.05, 4.69) is 51.0 Å². The van der Waals surface area contributed by atoms with Crippen LogP contribution in [0.4, 0.5) is 11.4 Å². The second kappa shape index (κ2) is 11.1. The second-order valence-corrected chi connectivity index (χ2v) is 11.7. The quantitative estimate of drug-likeness (QED) is 0.198. The minimum atomic E-state index is -0.838. The van der Waals surface area contributed by atoms with Crippen molar-refractivity contribution in [3.05, 3.63) is 89.5 Å². The SMILES string of the molecule is C=C(C)C(=O)OCc1ccc2c(c1)C(C)(C)C1(C=Nc3c(ccc4cc(COC(=O)C(=C)C)ccc34)O1)N2CCCC. The van der Waals surface area contributed by atoms with E-state index in [-0.39, 0.29) is 13.2 Å². The van der Waals surface area contributed by atoms with Crippen molar-refractivity contribution in [3.8, 4) is 5.75 Å². The molecule has 0 bridgehead atoms. The van der Waals surface area contributed by atoms with Crippen LogP contribution in [0.15, 0.2) is 77.8 Å². The molecule has 5 rings (SSSR count). The molecule has 0 saturated heterocycles. The fraction of sp³-hybridized carbons (Fsp3) is 0.343. The monoisotopic (exact) mass is 566 g/mol. The Hall–Kier alpha value is -4.39. The molecule has 218 valence electrons. The molecule has 0 saturated carbocycles. The van der Waals surface area contributed by atoms with E-state index in [0.29, 0.717) is 16.9 Å². The molecular weight excluding hydrogens is 528 g/mol. The fourth-order valence-corrected chi connectivity index (χ4v) is 5.67. The summed E-state index contributed by atoms with van der Waals surface area (Å²) in [5.41, 5.74) is 4.22. The first-order valence-electron chi connectivity index (χ1n) is 14.3. The lowest BCUT2D eigenvalue weighted by molar-refractivity contribution is -0.141. The Bertz CT molecular complexity index is 1640. The van der Waals surface area contributed by atoms with E-state index in [0.717, 1.165) is 58.2 Å². The van der Waals surface area contributed by atoms with E-state index in [1.165, 1.54) is 0 Å². The van der Waals surface area contributed by atoms with E-state index in [4.69, 9.17) is 19.2 Å². The van der Waals surface area contributed by atoms with Gasteiger partial charge in [0.1, 0.15) is 24.7 Å². The van der Waals surface area contributed by atoms with Crippen LogP contribution in [-0.4, -0.2) is 30.4 Å². The van der Waals surface area contributed by atoms with Crippen LogP contribution in [0.1, 0.15) is 64.2 Å². The van der Waals surface area contributed by atoms with Crippen LogP contribution in [0.5, 0.6) is 5.75 Å². The van der Waals surface area contributed by atoms with Crippen molar-refractivity contribution >= 4 is 40.3 Å². The van der Waals surface area contributed by atoms with Gasteiger partial charge in [-0.15, -0.1) is 0 Å². The third kappa shape index (κ3) is 4.97. The third-order valence-electron chi connectivity index (χ3n) is 8.15. The summed E-state index contributed by atoms with van der Waals surface area (Å²) in [6.45, 7) is 18.3. The van der Waals surface area contributed by atoms with E-state index in [9.17, 15) is 9.59 Å². The highest BCUT2D eigenvalue weighted by molar-refractivity contribution is 6.00. The number of hydrogen-bond acceptors (Lipinski definition) is 7. The van der Waals surface area contributed by atoms with Crippen LogP contribution >= 0.6 is 0 Å². The van der Waals surface area contributed by atoms with Crippen LogP contribution in [0, 0.1) is 0 Å². The summed E-state index contributed by atoms with van der Waals surface area (Å²) >= 11 is 0. The van der Waals surface area contributed by atoms with Gasteiger partial charge in [0.15, 0.2) is 0 Å². The number of anilines is 1. The summed E-state index contributed by atoms with van der Waals surface area (Å²) in [7, 11) is 0. The van der Waals surface area contributed by atoms with Gasteiger partial charge in [-0.25, -0.2) is 9.59 Å². The number of rotatable bonds is 9. The molecule has 0 amide bonds. The van der Waals surface area contributed by atoms with E-state index < -0.39 is 23.1 Å². The number of esters is 2. The van der Waals surface area contributed by atoms with E-state index >= 15 is 0 Å². The normalized spacial score (nSPS) is 17.9. The van der Waals surface area contributed by atoms with Gasteiger partial charge in [0.05, 0.1) is 11.6 Å².